The molecule has 166 valence electrons. The van der Waals surface area contributed by atoms with Crippen LogP contribution in [0.5, 0.6) is 0 Å². The Kier molecular flexibility index (Phi) is 4.78. The molecule has 2 nitrogen and oxygen atoms in total. The highest BCUT2D eigenvalue weighted by Crippen LogP contribution is 2.53. The van der Waals surface area contributed by atoms with E-state index in [1.165, 1.54) is 34.7 Å². The molecule has 1 aliphatic carbocycles. The summed E-state index contributed by atoms with van der Waals surface area (Å²) in [5, 5.41) is 2.48. The van der Waals surface area contributed by atoms with Crippen LogP contribution in [-0.4, -0.2) is 4.98 Å². The van der Waals surface area contributed by atoms with E-state index in [1.807, 2.05) is 12.3 Å². The Hall–Kier alpha value is -2.61. The lowest BCUT2D eigenvalue weighted by atomic mass is 9.60. The maximum absolute atomic E-state index is 6.84. The fourth-order valence-electron chi connectivity index (χ4n) is 5.91. The summed E-state index contributed by atoms with van der Waals surface area (Å²) >= 11 is 0. The average Bonchev–Trinajstić information content (AvgIpc) is 3.13. The van der Waals surface area contributed by atoms with Crippen LogP contribution in [0, 0.1) is 12.8 Å². The van der Waals surface area contributed by atoms with Gasteiger partial charge in [0, 0.05) is 28.1 Å². The lowest BCUT2D eigenvalue weighted by Crippen LogP contribution is -2.35. The highest BCUT2D eigenvalue weighted by Gasteiger charge is 2.42. The number of aryl methyl sites for hydroxylation is 1. The molecule has 2 aromatic carbocycles. The fraction of sp³-hybridized carbons (Fsp3) is 0.433. The number of furan rings is 1. The van der Waals surface area contributed by atoms with Crippen molar-refractivity contribution >= 4 is 21.9 Å². The third-order valence-corrected chi connectivity index (χ3v) is 7.60. The van der Waals surface area contributed by atoms with Crippen molar-refractivity contribution in [2.24, 2.45) is 5.92 Å². The third-order valence-electron chi connectivity index (χ3n) is 7.60. The Morgan fingerprint density at radius 2 is 1.56 bits per heavy atom. The predicted molar refractivity (Wildman–Crippen MR) is 136 cm³/mol. The molecule has 1 aliphatic rings. The molecule has 2 heterocycles. The van der Waals surface area contributed by atoms with Gasteiger partial charge in [0.2, 0.25) is 0 Å². The number of benzene rings is 2. The van der Waals surface area contributed by atoms with E-state index in [0.717, 1.165) is 28.8 Å². The molecule has 0 bridgehead atoms. The minimum Gasteiger partial charge on any atom is -0.453 e. The van der Waals surface area contributed by atoms with Gasteiger partial charge in [-0.3, -0.25) is 4.98 Å². The summed E-state index contributed by atoms with van der Waals surface area (Å²) in [6.45, 7) is 16.6. The van der Waals surface area contributed by atoms with E-state index < -0.39 is 0 Å². The Bertz CT molecular complexity index is 1320. The highest BCUT2D eigenvalue weighted by atomic mass is 16.3. The van der Waals surface area contributed by atoms with Crippen LogP contribution >= 0.6 is 0 Å². The first-order chi connectivity index (χ1) is 15.1. The number of fused-ring (bicyclic) bond motifs is 5. The van der Waals surface area contributed by atoms with E-state index in [-0.39, 0.29) is 10.8 Å². The smallest absolute Gasteiger partial charge is 0.161 e. The molecule has 0 atom stereocenters. The zero-order valence-electron chi connectivity index (χ0n) is 20.6. The molecule has 0 amide bonds. The number of aromatic nitrogens is 1. The monoisotopic (exact) mass is 425 g/mol. The molecule has 0 saturated heterocycles. The van der Waals surface area contributed by atoms with Gasteiger partial charge in [-0.2, -0.15) is 0 Å². The van der Waals surface area contributed by atoms with Crippen molar-refractivity contribution in [3.63, 3.8) is 0 Å². The van der Waals surface area contributed by atoms with Crippen molar-refractivity contribution in [3.8, 4) is 11.3 Å². The summed E-state index contributed by atoms with van der Waals surface area (Å²) in [4.78, 5) is 4.76. The van der Waals surface area contributed by atoms with Crippen molar-refractivity contribution in [1.82, 2.24) is 4.98 Å². The van der Waals surface area contributed by atoms with Crippen LogP contribution < -0.4 is 0 Å². The van der Waals surface area contributed by atoms with Gasteiger partial charge in [-0.05, 0) is 65.7 Å². The third kappa shape index (κ3) is 3.10. The van der Waals surface area contributed by atoms with Gasteiger partial charge >= 0.3 is 0 Å². The molecule has 0 spiro atoms. The number of nitrogens with zero attached hydrogens (tertiary/aromatic N) is 1. The SMILES string of the molecule is Cc1c(CC(C)C)c2c(c3oc4c(-c5ccccc5)nccc4c13)C(C)(C)CCC2(C)C. The Morgan fingerprint density at radius 3 is 2.22 bits per heavy atom. The largest absolute Gasteiger partial charge is 0.453 e. The summed E-state index contributed by atoms with van der Waals surface area (Å²) in [5.74, 6) is 0.607. The van der Waals surface area contributed by atoms with Gasteiger partial charge in [0.05, 0.1) is 0 Å². The van der Waals surface area contributed by atoms with Gasteiger partial charge in [-0.25, -0.2) is 0 Å². The lowest BCUT2D eigenvalue weighted by Gasteiger charge is -2.43. The summed E-state index contributed by atoms with van der Waals surface area (Å²) in [6.07, 6.45) is 5.43. The van der Waals surface area contributed by atoms with Crippen molar-refractivity contribution in [2.75, 3.05) is 0 Å². The molecular formula is C30H35NO. The molecule has 5 rings (SSSR count). The molecule has 0 unspecified atom stereocenters. The topological polar surface area (TPSA) is 26.0 Å². The average molecular weight is 426 g/mol. The van der Waals surface area contributed by atoms with Gasteiger partial charge in [0.15, 0.2) is 5.58 Å². The second-order valence-electron chi connectivity index (χ2n) is 11.4. The molecule has 32 heavy (non-hydrogen) atoms. The van der Waals surface area contributed by atoms with E-state index in [0.29, 0.717) is 5.92 Å². The summed E-state index contributed by atoms with van der Waals surface area (Å²) in [7, 11) is 0. The number of rotatable bonds is 3. The number of hydrogen-bond acceptors (Lipinski definition) is 2. The van der Waals surface area contributed by atoms with Gasteiger partial charge in [0.25, 0.3) is 0 Å². The second kappa shape index (κ2) is 7.20. The van der Waals surface area contributed by atoms with E-state index in [4.69, 9.17) is 9.40 Å². The van der Waals surface area contributed by atoms with Crippen molar-refractivity contribution in [2.45, 2.75) is 78.6 Å². The number of hydrogen-bond donors (Lipinski definition) is 0. The van der Waals surface area contributed by atoms with E-state index in [2.05, 4.69) is 78.8 Å². The molecule has 2 aromatic heterocycles. The van der Waals surface area contributed by atoms with Crippen molar-refractivity contribution in [3.05, 3.63) is 64.8 Å². The van der Waals surface area contributed by atoms with Gasteiger partial charge in [0.1, 0.15) is 11.3 Å². The zero-order valence-corrected chi connectivity index (χ0v) is 20.6. The first-order valence-corrected chi connectivity index (χ1v) is 12.0. The maximum Gasteiger partial charge on any atom is 0.161 e. The van der Waals surface area contributed by atoms with Crippen LogP contribution in [0.2, 0.25) is 0 Å². The van der Waals surface area contributed by atoms with Gasteiger partial charge < -0.3 is 4.42 Å². The summed E-state index contributed by atoms with van der Waals surface area (Å²) in [5.41, 5.74) is 10.2. The Labute approximate surface area is 192 Å². The van der Waals surface area contributed by atoms with E-state index >= 15 is 0 Å². The molecule has 0 aliphatic heterocycles. The molecular weight excluding hydrogens is 390 g/mol. The quantitative estimate of drug-likeness (QED) is 0.329. The van der Waals surface area contributed by atoms with Crippen LogP contribution in [0.3, 0.4) is 0 Å². The minimum atomic E-state index is 0.0801. The maximum atomic E-state index is 6.84. The van der Waals surface area contributed by atoms with Crippen LogP contribution in [0.1, 0.15) is 76.6 Å². The summed E-state index contributed by atoms with van der Waals surface area (Å²) < 4.78 is 6.84. The molecule has 0 saturated carbocycles. The standard InChI is InChI=1S/C30H35NO/c1-18(2)17-22-19(3)23-21-13-16-31-26(20-11-9-8-10-12-20)27(21)32-28(23)25-24(22)29(4,5)14-15-30(25,6)7/h8-13,16,18H,14-15,17H2,1-7H3. The highest BCUT2D eigenvalue weighted by molar-refractivity contribution is 6.12. The van der Waals surface area contributed by atoms with Crippen LogP contribution in [0.25, 0.3) is 33.2 Å². The first kappa shape index (κ1) is 21.2. The fourth-order valence-corrected chi connectivity index (χ4v) is 5.91. The van der Waals surface area contributed by atoms with Gasteiger partial charge in [-0.15, -0.1) is 0 Å². The lowest BCUT2D eigenvalue weighted by molar-refractivity contribution is 0.328. The molecule has 0 radical (unpaired) electrons. The van der Waals surface area contributed by atoms with Crippen LogP contribution in [-0.2, 0) is 17.3 Å². The van der Waals surface area contributed by atoms with E-state index in [1.54, 1.807) is 11.1 Å². The molecule has 0 fully saturated rings. The Morgan fingerprint density at radius 1 is 0.906 bits per heavy atom. The van der Waals surface area contributed by atoms with Crippen LogP contribution in [0.4, 0.5) is 0 Å². The predicted octanol–water partition coefficient (Wildman–Crippen LogP) is 8.50. The van der Waals surface area contributed by atoms with Gasteiger partial charge in [-0.1, -0.05) is 71.9 Å². The molecule has 2 heteroatoms. The Balaban J connectivity index is 1.97. The zero-order chi connectivity index (χ0) is 22.8. The van der Waals surface area contributed by atoms with Crippen LogP contribution in [0.15, 0.2) is 47.0 Å². The number of pyridine rings is 1. The van der Waals surface area contributed by atoms with E-state index in [9.17, 15) is 0 Å². The van der Waals surface area contributed by atoms with Crippen molar-refractivity contribution < 1.29 is 4.42 Å². The minimum absolute atomic E-state index is 0.0801. The normalized spacial score (nSPS) is 17.2. The van der Waals surface area contributed by atoms with Crippen molar-refractivity contribution in [1.29, 1.82) is 0 Å². The summed E-state index contributed by atoms with van der Waals surface area (Å²) in [6, 6.07) is 12.6. The second-order valence-corrected chi connectivity index (χ2v) is 11.4. The first-order valence-electron chi connectivity index (χ1n) is 12.0. The molecule has 0 N–H and O–H groups in total. The molecule has 4 aromatic rings.